The first kappa shape index (κ1) is 14.9. The van der Waals surface area contributed by atoms with Crippen molar-refractivity contribution in [2.45, 2.75) is 66.5 Å². The third kappa shape index (κ3) is 10.2. The zero-order valence-corrected chi connectivity index (χ0v) is 11.7. The molecule has 92 valence electrons. The molecular weight excluding hydrogens is 184 g/mol. The quantitative estimate of drug-likeness (QED) is 0.664. The Morgan fingerprint density at radius 3 is 1.87 bits per heavy atom. The van der Waals surface area contributed by atoms with Crippen molar-refractivity contribution in [2.75, 3.05) is 13.1 Å². The first-order valence-corrected chi connectivity index (χ1v) is 6.11. The molecule has 2 N–H and O–H groups in total. The summed E-state index contributed by atoms with van der Waals surface area (Å²) in [5, 5.41) is 7.03. The molecule has 0 rings (SSSR count). The van der Waals surface area contributed by atoms with Crippen molar-refractivity contribution in [3.05, 3.63) is 0 Å². The summed E-state index contributed by atoms with van der Waals surface area (Å²) < 4.78 is 0. The van der Waals surface area contributed by atoms with Gasteiger partial charge in [0, 0.05) is 24.7 Å². The SMILES string of the molecule is CC(C)NCCNC(C)(C)CC(C)(C)C. The number of hydrogen-bond acceptors (Lipinski definition) is 2. The van der Waals surface area contributed by atoms with Crippen molar-refractivity contribution in [1.29, 1.82) is 0 Å². The van der Waals surface area contributed by atoms with Gasteiger partial charge in [-0.25, -0.2) is 0 Å². The Hall–Kier alpha value is -0.0800. The minimum Gasteiger partial charge on any atom is -0.313 e. The Bertz CT molecular complexity index is 166. The second-order valence-corrected chi connectivity index (χ2v) is 6.66. The largest absolute Gasteiger partial charge is 0.313 e. The molecule has 0 bridgehead atoms. The van der Waals surface area contributed by atoms with Crippen LogP contribution in [0.1, 0.15) is 54.9 Å². The molecule has 0 amide bonds. The topological polar surface area (TPSA) is 24.1 Å². The molecule has 0 saturated heterocycles. The van der Waals surface area contributed by atoms with Crippen molar-refractivity contribution >= 4 is 0 Å². The Labute approximate surface area is 96.2 Å². The van der Waals surface area contributed by atoms with Crippen LogP contribution in [0.4, 0.5) is 0 Å². The van der Waals surface area contributed by atoms with E-state index in [1.54, 1.807) is 0 Å². The van der Waals surface area contributed by atoms with Crippen LogP contribution in [0.25, 0.3) is 0 Å². The Morgan fingerprint density at radius 2 is 1.47 bits per heavy atom. The molecule has 0 saturated carbocycles. The summed E-state index contributed by atoms with van der Waals surface area (Å²) in [6.07, 6.45) is 1.20. The molecule has 2 heteroatoms. The maximum Gasteiger partial charge on any atom is 0.0130 e. The lowest BCUT2D eigenvalue weighted by molar-refractivity contribution is 0.242. The molecule has 0 heterocycles. The molecule has 0 aromatic rings. The maximum atomic E-state index is 3.61. The van der Waals surface area contributed by atoms with Crippen LogP contribution in [-0.2, 0) is 0 Å². The fourth-order valence-electron chi connectivity index (χ4n) is 2.15. The van der Waals surface area contributed by atoms with E-state index in [0.29, 0.717) is 11.5 Å². The van der Waals surface area contributed by atoms with Gasteiger partial charge >= 0.3 is 0 Å². The van der Waals surface area contributed by atoms with E-state index in [9.17, 15) is 0 Å². The van der Waals surface area contributed by atoms with Crippen molar-refractivity contribution in [3.63, 3.8) is 0 Å². The van der Waals surface area contributed by atoms with Crippen LogP contribution in [0.2, 0.25) is 0 Å². The van der Waals surface area contributed by atoms with Gasteiger partial charge in [0.05, 0.1) is 0 Å². The van der Waals surface area contributed by atoms with E-state index >= 15 is 0 Å². The van der Waals surface area contributed by atoms with E-state index in [-0.39, 0.29) is 5.54 Å². The van der Waals surface area contributed by atoms with Crippen LogP contribution < -0.4 is 10.6 Å². The van der Waals surface area contributed by atoms with E-state index in [1.165, 1.54) is 6.42 Å². The lowest BCUT2D eigenvalue weighted by atomic mass is 9.82. The van der Waals surface area contributed by atoms with E-state index < -0.39 is 0 Å². The van der Waals surface area contributed by atoms with Gasteiger partial charge in [-0.1, -0.05) is 34.6 Å². The van der Waals surface area contributed by atoms with Gasteiger partial charge in [0.15, 0.2) is 0 Å². The smallest absolute Gasteiger partial charge is 0.0130 e. The van der Waals surface area contributed by atoms with Crippen molar-refractivity contribution in [2.24, 2.45) is 5.41 Å². The van der Waals surface area contributed by atoms with Gasteiger partial charge in [-0.05, 0) is 25.7 Å². The summed E-state index contributed by atoms with van der Waals surface area (Å²) in [7, 11) is 0. The molecule has 0 aliphatic rings. The zero-order valence-electron chi connectivity index (χ0n) is 11.7. The summed E-state index contributed by atoms with van der Waals surface area (Å²) >= 11 is 0. The predicted molar refractivity (Wildman–Crippen MR) is 69.3 cm³/mol. The van der Waals surface area contributed by atoms with Crippen molar-refractivity contribution in [1.82, 2.24) is 10.6 Å². The summed E-state index contributed by atoms with van der Waals surface area (Å²) in [4.78, 5) is 0. The lowest BCUT2D eigenvalue weighted by Gasteiger charge is -2.33. The van der Waals surface area contributed by atoms with Gasteiger partial charge in [-0.2, -0.15) is 0 Å². The van der Waals surface area contributed by atoms with Crippen LogP contribution >= 0.6 is 0 Å². The minimum atomic E-state index is 0.233. The molecule has 0 aromatic heterocycles. The van der Waals surface area contributed by atoms with Crippen LogP contribution in [-0.4, -0.2) is 24.7 Å². The highest BCUT2D eigenvalue weighted by atomic mass is 15.0. The molecule has 15 heavy (non-hydrogen) atoms. The first-order valence-electron chi connectivity index (χ1n) is 6.11. The average Bonchev–Trinajstić information content (AvgIpc) is 1.93. The second-order valence-electron chi connectivity index (χ2n) is 6.66. The predicted octanol–water partition coefficient (Wildman–Crippen LogP) is 2.79. The molecule has 0 atom stereocenters. The fourth-order valence-corrected chi connectivity index (χ4v) is 2.15. The van der Waals surface area contributed by atoms with Gasteiger partial charge in [-0.15, -0.1) is 0 Å². The zero-order chi connectivity index (χ0) is 12.1. The Balaban J connectivity index is 3.74. The van der Waals surface area contributed by atoms with E-state index in [2.05, 4.69) is 59.1 Å². The number of rotatable bonds is 6. The molecule has 0 radical (unpaired) electrons. The van der Waals surface area contributed by atoms with E-state index in [0.717, 1.165) is 13.1 Å². The first-order chi connectivity index (χ1) is 6.62. The highest BCUT2D eigenvalue weighted by molar-refractivity contribution is 4.83. The molecule has 0 aliphatic heterocycles. The van der Waals surface area contributed by atoms with E-state index in [1.807, 2.05) is 0 Å². The average molecular weight is 214 g/mol. The fraction of sp³-hybridized carbons (Fsp3) is 1.00. The lowest BCUT2D eigenvalue weighted by Crippen LogP contribution is -2.45. The standard InChI is InChI=1S/C13H30N2/c1-11(2)14-8-9-15-13(6,7)10-12(3,4)5/h11,14-15H,8-10H2,1-7H3. The molecule has 0 unspecified atom stereocenters. The highest BCUT2D eigenvalue weighted by Gasteiger charge is 2.24. The summed E-state index contributed by atoms with van der Waals surface area (Å²) in [6.45, 7) is 17.9. The Kier molecular flexibility index (Phi) is 5.82. The molecule has 0 fully saturated rings. The monoisotopic (exact) mass is 214 g/mol. The molecule has 0 aliphatic carbocycles. The van der Waals surface area contributed by atoms with E-state index in [4.69, 9.17) is 0 Å². The molecule has 2 nitrogen and oxygen atoms in total. The summed E-state index contributed by atoms with van der Waals surface area (Å²) in [5.74, 6) is 0. The van der Waals surface area contributed by atoms with Gasteiger partial charge in [0.25, 0.3) is 0 Å². The minimum absolute atomic E-state index is 0.233. The number of hydrogen-bond donors (Lipinski definition) is 2. The van der Waals surface area contributed by atoms with Gasteiger partial charge in [-0.3, -0.25) is 0 Å². The van der Waals surface area contributed by atoms with Gasteiger partial charge in [0.2, 0.25) is 0 Å². The van der Waals surface area contributed by atoms with Crippen LogP contribution in [0.15, 0.2) is 0 Å². The molecular formula is C13H30N2. The van der Waals surface area contributed by atoms with Crippen LogP contribution in [0, 0.1) is 5.41 Å². The number of nitrogens with one attached hydrogen (secondary N) is 2. The normalized spacial score (nSPS) is 13.6. The Morgan fingerprint density at radius 1 is 0.933 bits per heavy atom. The molecule has 0 spiro atoms. The summed E-state index contributed by atoms with van der Waals surface area (Å²) in [6, 6.07) is 0.581. The van der Waals surface area contributed by atoms with Crippen molar-refractivity contribution < 1.29 is 0 Å². The third-order valence-electron chi connectivity index (χ3n) is 2.25. The maximum absolute atomic E-state index is 3.61. The highest BCUT2D eigenvalue weighted by Crippen LogP contribution is 2.26. The van der Waals surface area contributed by atoms with Crippen LogP contribution in [0.3, 0.4) is 0 Å². The van der Waals surface area contributed by atoms with Crippen molar-refractivity contribution in [3.8, 4) is 0 Å². The molecule has 0 aromatic carbocycles. The van der Waals surface area contributed by atoms with Crippen LogP contribution in [0.5, 0.6) is 0 Å². The van der Waals surface area contributed by atoms with Gasteiger partial charge < -0.3 is 10.6 Å². The summed E-state index contributed by atoms with van der Waals surface area (Å²) in [5.41, 5.74) is 0.624. The van der Waals surface area contributed by atoms with Gasteiger partial charge in [0.1, 0.15) is 0 Å². The third-order valence-corrected chi connectivity index (χ3v) is 2.25. The second kappa shape index (κ2) is 5.86.